The molecule has 2 heterocycles. The molecule has 49 heavy (non-hydrogen) atoms. The number of amides is 2. The average Bonchev–Trinajstić information content (AvgIpc) is 3.52. The van der Waals surface area contributed by atoms with Gasteiger partial charge in [0.2, 0.25) is 0 Å². The van der Waals surface area contributed by atoms with Gasteiger partial charge in [0, 0.05) is 31.7 Å². The lowest BCUT2D eigenvalue weighted by molar-refractivity contribution is -0.137. The largest absolute Gasteiger partial charge is 0.416 e. The minimum atomic E-state index is -4.45. The third-order valence-electron chi connectivity index (χ3n) is 8.93. The van der Waals surface area contributed by atoms with Crippen LogP contribution >= 0.6 is 0 Å². The molecule has 1 aliphatic rings. The van der Waals surface area contributed by atoms with E-state index in [1.54, 1.807) is 10.7 Å². The van der Waals surface area contributed by atoms with Crippen molar-refractivity contribution in [2.75, 3.05) is 13.1 Å². The van der Waals surface area contributed by atoms with Gasteiger partial charge in [0.1, 0.15) is 5.69 Å². The normalized spacial score (nSPS) is 16.3. The number of halogens is 3. The van der Waals surface area contributed by atoms with Crippen LogP contribution in [0.5, 0.6) is 0 Å². The molecule has 0 saturated carbocycles. The van der Waals surface area contributed by atoms with E-state index in [1.165, 1.54) is 12.1 Å². The van der Waals surface area contributed by atoms with Crippen molar-refractivity contribution in [3.63, 3.8) is 0 Å². The molecule has 1 aromatic heterocycles. The number of benzene rings is 3. The van der Waals surface area contributed by atoms with E-state index >= 15 is 0 Å². The third-order valence-corrected chi connectivity index (χ3v) is 8.93. The lowest BCUT2D eigenvalue weighted by atomic mass is 9.98. The number of nitrogens with zero attached hydrogens (tertiary/aromatic N) is 3. The number of carbonyl (C=O) groups is 2. The lowest BCUT2D eigenvalue weighted by Crippen LogP contribution is -2.48. The summed E-state index contributed by atoms with van der Waals surface area (Å²) >= 11 is 0. The summed E-state index contributed by atoms with van der Waals surface area (Å²) in [6.45, 7) is 3.17. The molecule has 1 aliphatic heterocycles. The van der Waals surface area contributed by atoms with E-state index in [9.17, 15) is 27.9 Å². The molecule has 1 unspecified atom stereocenters. The molecule has 0 aliphatic carbocycles. The molecule has 0 spiro atoms. The number of carbonyl (C=O) groups excluding carboxylic acids is 2. The van der Waals surface area contributed by atoms with Gasteiger partial charge in [-0.2, -0.15) is 18.3 Å². The van der Waals surface area contributed by atoms with Gasteiger partial charge < -0.3 is 20.6 Å². The molecule has 11 heteroatoms. The Bertz CT molecular complexity index is 1660. The molecule has 5 rings (SSSR count). The number of nitrogens with one attached hydrogen (secondary N) is 2. The maximum Gasteiger partial charge on any atom is 0.416 e. The fourth-order valence-electron chi connectivity index (χ4n) is 6.38. The Morgan fingerprint density at radius 3 is 2.33 bits per heavy atom. The fraction of sp³-hybridized carbons (Fsp3) is 0.395. The second-order valence-electron chi connectivity index (χ2n) is 12.7. The van der Waals surface area contributed by atoms with Gasteiger partial charge in [0.05, 0.1) is 24.3 Å². The zero-order valence-corrected chi connectivity index (χ0v) is 27.7. The summed E-state index contributed by atoms with van der Waals surface area (Å²) in [6, 6.07) is 24.9. The van der Waals surface area contributed by atoms with Crippen LogP contribution in [0.4, 0.5) is 13.2 Å². The number of rotatable bonds is 14. The van der Waals surface area contributed by atoms with Gasteiger partial charge in [0.15, 0.2) is 5.69 Å². The predicted molar refractivity (Wildman–Crippen MR) is 182 cm³/mol. The van der Waals surface area contributed by atoms with Crippen LogP contribution in [0, 0.1) is 0 Å². The molecular formula is C38H44F3N5O3. The van der Waals surface area contributed by atoms with E-state index < -0.39 is 29.8 Å². The van der Waals surface area contributed by atoms with Crippen LogP contribution < -0.4 is 10.6 Å². The smallest absolute Gasteiger partial charge is 0.390 e. The number of aromatic nitrogens is 2. The Hall–Kier alpha value is -4.48. The van der Waals surface area contributed by atoms with Gasteiger partial charge in [-0.05, 0) is 54.9 Å². The first-order chi connectivity index (χ1) is 23.6. The topological polar surface area (TPSA) is 99.5 Å². The summed E-state index contributed by atoms with van der Waals surface area (Å²) in [4.78, 5) is 29.8. The molecule has 1 saturated heterocycles. The van der Waals surface area contributed by atoms with Crippen LogP contribution in [0.25, 0.3) is 0 Å². The maximum atomic E-state index is 14.0. The van der Waals surface area contributed by atoms with E-state index in [1.807, 2.05) is 65.6 Å². The number of aliphatic hydroxyl groups excluding tert-OH is 1. The first-order valence-corrected chi connectivity index (χ1v) is 16.9. The molecule has 0 radical (unpaired) electrons. The van der Waals surface area contributed by atoms with Crippen molar-refractivity contribution < 1.29 is 27.9 Å². The average molecular weight is 676 g/mol. The number of piperidine rings is 1. The first kappa shape index (κ1) is 35.8. The van der Waals surface area contributed by atoms with Crippen LogP contribution in [0.3, 0.4) is 0 Å². The number of hydrogen-bond donors (Lipinski definition) is 3. The van der Waals surface area contributed by atoms with Gasteiger partial charge in [-0.3, -0.25) is 14.3 Å². The first-order valence-electron chi connectivity index (χ1n) is 16.9. The summed E-state index contributed by atoms with van der Waals surface area (Å²) in [5.74, 6) is -0.692. The van der Waals surface area contributed by atoms with E-state index in [2.05, 4.69) is 22.7 Å². The molecule has 3 N–H and O–H groups in total. The summed E-state index contributed by atoms with van der Waals surface area (Å²) in [5, 5.41) is 21.8. The Kier molecular flexibility index (Phi) is 12.2. The van der Waals surface area contributed by atoms with Crippen molar-refractivity contribution in [1.29, 1.82) is 0 Å². The van der Waals surface area contributed by atoms with Gasteiger partial charge in [-0.25, -0.2) is 0 Å². The maximum absolute atomic E-state index is 14.0. The van der Waals surface area contributed by atoms with E-state index in [0.29, 0.717) is 30.8 Å². The van der Waals surface area contributed by atoms with E-state index in [-0.39, 0.29) is 30.7 Å². The summed E-state index contributed by atoms with van der Waals surface area (Å²) in [7, 11) is 0. The molecular weight excluding hydrogens is 631 g/mol. The van der Waals surface area contributed by atoms with Crippen LogP contribution in [0.2, 0.25) is 0 Å². The highest BCUT2D eigenvalue weighted by molar-refractivity contribution is 5.98. The van der Waals surface area contributed by atoms with Crippen molar-refractivity contribution in [2.24, 2.45) is 0 Å². The van der Waals surface area contributed by atoms with Gasteiger partial charge in [-0.15, -0.1) is 0 Å². The highest BCUT2D eigenvalue weighted by Crippen LogP contribution is 2.29. The predicted octanol–water partition coefficient (Wildman–Crippen LogP) is 6.24. The van der Waals surface area contributed by atoms with E-state index in [4.69, 9.17) is 0 Å². The van der Waals surface area contributed by atoms with Crippen LogP contribution in [0.1, 0.15) is 82.3 Å². The second-order valence-corrected chi connectivity index (χ2v) is 12.7. The monoisotopic (exact) mass is 675 g/mol. The van der Waals surface area contributed by atoms with Crippen molar-refractivity contribution in [3.8, 4) is 0 Å². The van der Waals surface area contributed by atoms with Crippen molar-refractivity contribution >= 4 is 11.8 Å². The third kappa shape index (κ3) is 9.79. The zero-order valence-electron chi connectivity index (χ0n) is 27.7. The Morgan fingerprint density at radius 2 is 1.63 bits per heavy atom. The molecule has 3 aromatic carbocycles. The number of hydrogen-bond acceptors (Lipinski definition) is 5. The lowest BCUT2D eigenvalue weighted by Gasteiger charge is -2.35. The Morgan fingerprint density at radius 1 is 0.939 bits per heavy atom. The summed E-state index contributed by atoms with van der Waals surface area (Å²) < 4.78 is 41.1. The quantitative estimate of drug-likeness (QED) is 0.147. The molecule has 0 bridgehead atoms. The summed E-state index contributed by atoms with van der Waals surface area (Å²) in [5.41, 5.74) is 1.88. The fourth-order valence-corrected chi connectivity index (χ4v) is 6.38. The standard InChI is InChI=1S/C38H44F3N5O3/c1-2-12-31-19-9-10-20-45(31)37(49)34-23-33(44-46(34)26-28-15-7-4-8-16-28)36(48)43-32(22-27-13-5-3-6-14-27)35(47)25-42-24-29-17-11-18-30(21-29)38(39,40)41/h3-8,11,13-18,21,23,31-32,35,42,47H,2,9-10,12,19-20,22,24-26H2,1H3,(H,43,48)/t31?,32-,35+/m0/s1. The number of alkyl halides is 3. The van der Waals surface area contributed by atoms with E-state index in [0.717, 1.165) is 55.4 Å². The minimum absolute atomic E-state index is 0.00792. The van der Waals surface area contributed by atoms with Gasteiger partial charge in [0.25, 0.3) is 11.8 Å². The highest BCUT2D eigenvalue weighted by Gasteiger charge is 2.32. The summed E-state index contributed by atoms with van der Waals surface area (Å²) in [6.07, 6.45) is -0.436. The molecule has 4 aromatic rings. The van der Waals surface area contributed by atoms with Crippen molar-refractivity contribution in [3.05, 3.63) is 125 Å². The molecule has 2 amide bonds. The number of likely N-dealkylation sites (tertiary alicyclic amines) is 1. The Balaban J connectivity index is 1.35. The van der Waals surface area contributed by atoms with Crippen LogP contribution in [-0.2, 0) is 25.7 Å². The number of aliphatic hydroxyl groups is 1. The van der Waals surface area contributed by atoms with Gasteiger partial charge >= 0.3 is 6.18 Å². The van der Waals surface area contributed by atoms with Crippen molar-refractivity contribution in [2.45, 2.75) is 82.9 Å². The molecule has 260 valence electrons. The second kappa shape index (κ2) is 16.8. The zero-order chi connectivity index (χ0) is 34.8. The molecule has 3 atom stereocenters. The minimum Gasteiger partial charge on any atom is -0.390 e. The molecule has 1 fully saturated rings. The van der Waals surface area contributed by atoms with Crippen molar-refractivity contribution in [1.82, 2.24) is 25.3 Å². The molecule has 8 nitrogen and oxygen atoms in total. The highest BCUT2D eigenvalue weighted by atomic mass is 19.4. The van der Waals surface area contributed by atoms with Crippen LogP contribution in [0.15, 0.2) is 91.0 Å². The van der Waals surface area contributed by atoms with Gasteiger partial charge in [-0.1, -0.05) is 92.2 Å². The Labute approximate surface area is 285 Å². The van der Waals surface area contributed by atoms with Crippen LogP contribution in [-0.4, -0.2) is 62.9 Å². The SMILES string of the molecule is CCCC1CCCCN1C(=O)c1cc(C(=O)N[C@@H](Cc2ccccc2)[C@H](O)CNCc2cccc(C(F)(F)F)c2)nn1Cc1ccccc1.